The first-order valence-electron chi connectivity index (χ1n) is 4.64. The number of hydrogen-bond donors (Lipinski definition) is 1. The van der Waals surface area contributed by atoms with Gasteiger partial charge in [0, 0.05) is 32.2 Å². The van der Waals surface area contributed by atoms with E-state index in [1.807, 2.05) is 0 Å². The van der Waals surface area contributed by atoms with E-state index in [0.29, 0.717) is 6.04 Å². The van der Waals surface area contributed by atoms with Crippen molar-refractivity contribution in [2.75, 3.05) is 26.2 Å². The molecule has 0 radical (unpaired) electrons. The van der Waals surface area contributed by atoms with Gasteiger partial charge in [0.1, 0.15) is 0 Å². The van der Waals surface area contributed by atoms with Crippen LogP contribution in [0.2, 0.25) is 0 Å². The van der Waals surface area contributed by atoms with Gasteiger partial charge in [-0.2, -0.15) is 0 Å². The molecule has 0 aliphatic carbocycles. The van der Waals surface area contributed by atoms with Crippen LogP contribution in [0, 0.1) is 5.92 Å². The zero-order valence-electron chi connectivity index (χ0n) is 7.93. The molecule has 11 heavy (non-hydrogen) atoms. The van der Waals surface area contributed by atoms with E-state index in [1.54, 1.807) is 0 Å². The maximum Gasteiger partial charge on any atom is 0.0107 e. The Labute approximate surface area is 70.0 Å². The molecule has 1 aliphatic heterocycles. The van der Waals surface area contributed by atoms with E-state index < -0.39 is 0 Å². The van der Waals surface area contributed by atoms with Crippen LogP contribution >= 0.6 is 0 Å². The topological polar surface area (TPSA) is 15.3 Å². The fourth-order valence-electron chi connectivity index (χ4n) is 1.52. The Morgan fingerprint density at radius 1 is 1.45 bits per heavy atom. The van der Waals surface area contributed by atoms with Crippen molar-refractivity contribution in [2.45, 2.75) is 26.8 Å². The minimum absolute atomic E-state index is 0.633. The summed E-state index contributed by atoms with van der Waals surface area (Å²) in [4.78, 5) is 2.50. The highest BCUT2D eigenvalue weighted by atomic mass is 15.2. The van der Waals surface area contributed by atoms with Crippen molar-refractivity contribution in [1.29, 1.82) is 0 Å². The summed E-state index contributed by atoms with van der Waals surface area (Å²) in [6.07, 6.45) is 0. The summed E-state index contributed by atoms with van der Waals surface area (Å²) in [6, 6.07) is 0.633. The third-order valence-electron chi connectivity index (χ3n) is 2.12. The van der Waals surface area contributed by atoms with Gasteiger partial charge in [0.05, 0.1) is 0 Å². The monoisotopic (exact) mass is 156 g/mol. The molecule has 1 N–H and O–H groups in total. The van der Waals surface area contributed by atoms with Crippen LogP contribution in [0.5, 0.6) is 0 Å². The molecule has 1 saturated heterocycles. The normalized spacial score (nSPS) is 20.7. The van der Waals surface area contributed by atoms with Crippen molar-refractivity contribution in [3.63, 3.8) is 0 Å². The summed E-state index contributed by atoms with van der Waals surface area (Å²) >= 11 is 0. The summed E-state index contributed by atoms with van der Waals surface area (Å²) in [6.45, 7) is 11.7. The van der Waals surface area contributed by atoms with Crippen LogP contribution in [0.1, 0.15) is 20.8 Å². The Kier molecular flexibility index (Phi) is 3.34. The highest BCUT2D eigenvalue weighted by Crippen LogP contribution is 2.12. The Bertz CT molecular complexity index is 106. The van der Waals surface area contributed by atoms with E-state index in [1.165, 1.54) is 19.6 Å². The second-order valence-corrected chi connectivity index (χ2v) is 3.97. The Hall–Kier alpha value is -0.0800. The van der Waals surface area contributed by atoms with Gasteiger partial charge in [-0.3, -0.25) is 0 Å². The van der Waals surface area contributed by atoms with Crippen LogP contribution in [0.4, 0.5) is 0 Å². The highest BCUT2D eigenvalue weighted by Gasteiger charge is 2.20. The van der Waals surface area contributed by atoms with E-state index in [2.05, 4.69) is 31.0 Å². The van der Waals surface area contributed by atoms with Crippen LogP contribution in [0.25, 0.3) is 0 Å². The molecule has 2 nitrogen and oxygen atoms in total. The summed E-state index contributed by atoms with van der Waals surface area (Å²) < 4.78 is 0. The average Bonchev–Trinajstić information content (AvgIpc) is 1.83. The lowest BCUT2D eigenvalue weighted by atomic mass is 10.0. The molecule has 0 aromatic rings. The maximum atomic E-state index is 3.42. The zero-order chi connectivity index (χ0) is 8.27. The lowest BCUT2D eigenvalue weighted by Crippen LogP contribution is -2.48. The molecule has 2 heteroatoms. The summed E-state index contributed by atoms with van der Waals surface area (Å²) in [7, 11) is 0. The molecule has 66 valence electrons. The predicted molar refractivity (Wildman–Crippen MR) is 48.7 cm³/mol. The summed E-state index contributed by atoms with van der Waals surface area (Å²) in [5.41, 5.74) is 0. The molecule has 0 unspecified atom stereocenters. The maximum absolute atomic E-state index is 3.42. The predicted octanol–water partition coefficient (Wildman–Crippen LogP) is 0.936. The Morgan fingerprint density at radius 3 is 2.55 bits per heavy atom. The third-order valence-corrected chi connectivity index (χ3v) is 2.12. The Morgan fingerprint density at radius 2 is 2.09 bits per heavy atom. The quantitative estimate of drug-likeness (QED) is 0.651. The fraction of sp³-hybridized carbons (Fsp3) is 1.00. The van der Waals surface area contributed by atoms with Gasteiger partial charge < -0.3 is 10.2 Å². The molecule has 0 aromatic carbocycles. The number of rotatable bonds is 4. The molecule has 0 bridgehead atoms. The number of nitrogens with zero attached hydrogens (tertiary/aromatic N) is 1. The molecule has 1 heterocycles. The first kappa shape index (κ1) is 9.01. The van der Waals surface area contributed by atoms with E-state index in [9.17, 15) is 0 Å². The van der Waals surface area contributed by atoms with Crippen molar-refractivity contribution in [3.05, 3.63) is 0 Å². The third kappa shape index (κ3) is 3.21. The molecule has 1 rings (SSSR count). The number of likely N-dealkylation sites (tertiary alicyclic amines) is 1. The van der Waals surface area contributed by atoms with Crippen LogP contribution in [-0.4, -0.2) is 37.1 Å². The van der Waals surface area contributed by atoms with E-state index >= 15 is 0 Å². The smallest absolute Gasteiger partial charge is 0.0107 e. The van der Waals surface area contributed by atoms with Crippen molar-refractivity contribution < 1.29 is 0 Å². The summed E-state index contributed by atoms with van der Waals surface area (Å²) in [5.74, 6) is 0.939. The lowest BCUT2D eigenvalue weighted by molar-refractivity contribution is 0.113. The van der Waals surface area contributed by atoms with Crippen LogP contribution in [-0.2, 0) is 0 Å². The number of hydrogen-bond acceptors (Lipinski definition) is 2. The second kappa shape index (κ2) is 4.07. The largest absolute Gasteiger partial charge is 0.313 e. The molecule has 0 aromatic heterocycles. The van der Waals surface area contributed by atoms with E-state index in [4.69, 9.17) is 0 Å². The van der Waals surface area contributed by atoms with Crippen molar-refractivity contribution >= 4 is 0 Å². The van der Waals surface area contributed by atoms with Gasteiger partial charge in [0.2, 0.25) is 0 Å². The molecule has 0 atom stereocenters. The standard InChI is InChI=1S/C9H20N2/c1-8(2)10-4-5-11-6-9(3)7-11/h8-10H,4-7H2,1-3H3. The molecule has 0 spiro atoms. The van der Waals surface area contributed by atoms with E-state index in [-0.39, 0.29) is 0 Å². The molecular weight excluding hydrogens is 136 g/mol. The van der Waals surface area contributed by atoms with Crippen molar-refractivity contribution in [2.24, 2.45) is 5.92 Å². The second-order valence-electron chi connectivity index (χ2n) is 3.97. The van der Waals surface area contributed by atoms with Gasteiger partial charge in [0.25, 0.3) is 0 Å². The van der Waals surface area contributed by atoms with Gasteiger partial charge in [-0.05, 0) is 5.92 Å². The molecular formula is C9H20N2. The van der Waals surface area contributed by atoms with Crippen molar-refractivity contribution in [3.8, 4) is 0 Å². The minimum atomic E-state index is 0.633. The van der Waals surface area contributed by atoms with Crippen molar-refractivity contribution in [1.82, 2.24) is 10.2 Å². The fourth-order valence-corrected chi connectivity index (χ4v) is 1.52. The molecule has 1 fully saturated rings. The molecule has 0 saturated carbocycles. The van der Waals surface area contributed by atoms with Gasteiger partial charge in [-0.15, -0.1) is 0 Å². The lowest BCUT2D eigenvalue weighted by Gasteiger charge is -2.37. The van der Waals surface area contributed by atoms with Gasteiger partial charge in [-0.1, -0.05) is 20.8 Å². The zero-order valence-corrected chi connectivity index (χ0v) is 7.93. The van der Waals surface area contributed by atoms with E-state index in [0.717, 1.165) is 12.5 Å². The highest BCUT2D eigenvalue weighted by molar-refractivity contribution is 4.76. The molecule has 1 aliphatic rings. The van der Waals surface area contributed by atoms with Gasteiger partial charge in [0.15, 0.2) is 0 Å². The SMILES string of the molecule is CC1CN(CCNC(C)C)C1. The van der Waals surface area contributed by atoms with Crippen LogP contribution < -0.4 is 5.32 Å². The number of nitrogens with one attached hydrogen (secondary N) is 1. The van der Waals surface area contributed by atoms with Crippen LogP contribution in [0.15, 0.2) is 0 Å². The first-order valence-corrected chi connectivity index (χ1v) is 4.64. The Balaban J connectivity index is 1.89. The van der Waals surface area contributed by atoms with Gasteiger partial charge in [-0.25, -0.2) is 0 Å². The van der Waals surface area contributed by atoms with Gasteiger partial charge >= 0.3 is 0 Å². The average molecular weight is 156 g/mol. The first-order chi connectivity index (χ1) is 5.18. The minimum Gasteiger partial charge on any atom is -0.313 e. The molecule has 0 amide bonds. The summed E-state index contributed by atoms with van der Waals surface area (Å²) in [5, 5.41) is 3.42. The van der Waals surface area contributed by atoms with Crippen LogP contribution in [0.3, 0.4) is 0 Å².